The molecule has 33 heavy (non-hydrogen) atoms. The zero-order valence-electron chi connectivity index (χ0n) is 18.8. The number of hydrogen-bond donors (Lipinski definition) is 1. The minimum atomic E-state index is -3.65. The van der Waals surface area contributed by atoms with E-state index in [2.05, 4.69) is 27.3 Å². The van der Waals surface area contributed by atoms with E-state index in [4.69, 9.17) is 9.15 Å². The molecule has 0 bridgehead atoms. The molecular formula is C22H24IN3O6S. The van der Waals surface area contributed by atoms with Crippen molar-refractivity contribution >= 4 is 55.6 Å². The molecule has 176 valence electrons. The van der Waals surface area contributed by atoms with Crippen LogP contribution in [0.3, 0.4) is 0 Å². The van der Waals surface area contributed by atoms with Crippen molar-refractivity contribution in [2.45, 2.75) is 13.3 Å². The van der Waals surface area contributed by atoms with Gasteiger partial charge in [-0.25, -0.2) is 9.59 Å². The van der Waals surface area contributed by atoms with Crippen LogP contribution in [0.4, 0.5) is 10.5 Å². The van der Waals surface area contributed by atoms with E-state index < -0.39 is 21.9 Å². The summed E-state index contributed by atoms with van der Waals surface area (Å²) in [4.78, 5) is 26.0. The normalized spacial score (nSPS) is 11.6. The summed E-state index contributed by atoms with van der Waals surface area (Å²) in [5.74, 6) is 0.304. The average molecular weight is 585 g/mol. The van der Waals surface area contributed by atoms with Gasteiger partial charge >= 0.3 is 21.9 Å². The molecule has 1 N–H and O–H groups in total. The van der Waals surface area contributed by atoms with Crippen LogP contribution in [-0.2, 0) is 16.6 Å². The fourth-order valence-electron chi connectivity index (χ4n) is 3.05. The number of carbonyl (C=O) groups is 1. The van der Waals surface area contributed by atoms with Crippen LogP contribution in [0.15, 0.2) is 45.6 Å². The predicted molar refractivity (Wildman–Crippen MR) is 135 cm³/mol. The summed E-state index contributed by atoms with van der Waals surface area (Å²) in [6.07, 6.45) is -0.275. The highest BCUT2D eigenvalue weighted by Crippen LogP contribution is 2.30. The number of fused-ring (bicyclic) bond motifs is 1. The van der Waals surface area contributed by atoms with Crippen LogP contribution in [-0.4, -0.2) is 51.9 Å². The average Bonchev–Trinajstić information content (AvgIpc) is 2.72. The first-order valence-corrected chi connectivity index (χ1v) is 12.3. The molecule has 0 radical (unpaired) electrons. The minimum Gasteiger partial charge on any atom is -0.422 e. The number of carbonyl (C=O) groups excluding carboxylic acids is 1. The highest BCUT2D eigenvalue weighted by Gasteiger charge is 2.18. The molecule has 0 saturated heterocycles. The maximum atomic E-state index is 12.8. The Morgan fingerprint density at radius 1 is 1.15 bits per heavy atom. The van der Waals surface area contributed by atoms with Gasteiger partial charge in [0.1, 0.15) is 11.3 Å². The largest absolute Gasteiger partial charge is 0.422 e. The number of hydrogen-bond acceptors (Lipinski definition) is 6. The fourth-order valence-corrected chi connectivity index (χ4v) is 4.23. The van der Waals surface area contributed by atoms with Crippen molar-refractivity contribution in [3.05, 3.63) is 67.1 Å². The zero-order valence-corrected chi connectivity index (χ0v) is 21.8. The third kappa shape index (κ3) is 5.65. The number of ether oxygens (including phenoxy) is 1. The molecule has 1 amide bonds. The Balaban J connectivity index is 1.97. The van der Waals surface area contributed by atoms with Gasteiger partial charge in [0.25, 0.3) is 0 Å². The summed E-state index contributed by atoms with van der Waals surface area (Å²) in [5, 5.41) is 0.725. The maximum Gasteiger partial charge on any atom is 0.414 e. The van der Waals surface area contributed by atoms with Gasteiger partial charge in [0, 0.05) is 51.6 Å². The number of amides is 1. The van der Waals surface area contributed by atoms with Gasteiger partial charge in [-0.1, -0.05) is 12.1 Å². The third-order valence-corrected chi connectivity index (χ3v) is 7.24. The lowest BCUT2D eigenvalue weighted by molar-refractivity contribution is 0.171. The molecule has 9 nitrogen and oxygen atoms in total. The Morgan fingerprint density at radius 2 is 1.85 bits per heavy atom. The number of nitrogens with one attached hydrogen (secondary N) is 1. The van der Waals surface area contributed by atoms with Crippen LogP contribution in [0.2, 0.25) is 0 Å². The van der Waals surface area contributed by atoms with Gasteiger partial charge in [-0.05, 0) is 58.8 Å². The smallest absolute Gasteiger partial charge is 0.414 e. The maximum absolute atomic E-state index is 12.8. The third-order valence-electron chi connectivity index (χ3n) is 4.94. The monoisotopic (exact) mass is 585 g/mol. The fraction of sp³-hybridized carbons (Fsp3) is 0.273. The highest BCUT2D eigenvalue weighted by atomic mass is 127. The highest BCUT2D eigenvalue weighted by molar-refractivity contribution is 14.1. The molecule has 3 aromatic rings. The molecule has 1 aromatic heterocycles. The quantitative estimate of drug-likeness (QED) is 0.350. The van der Waals surface area contributed by atoms with Crippen molar-refractivity contribution in [2.24, 2.45) is 0 Å². The lowest BCUT2D eigenvalue weighted by Crippen LogP contribution is -2.28. The Labute approximate surface area is 205 Å². The van der Waals surface area contributed by atoms with Crippen molar-refractivity contribution in [1.29, 1.82) is 0 Å². The van der Waals surface area contributed by atoms with E-state index in [1.165, 1.54) is 25.1 Å². The Bertz CT molecular complexity index is 1380. The number of anilines is 1. The number of benzene rings is 2. The molecule has 2 aromatic carbocycles. The molecule has 1 heterocycles. The molecule has 0 aliphatic carbocycles. The molecule has 0 atom stereocenters. The summed E-state index contributed by atoms with van der Waals surface area (Å²) in [6, 6.07) is 10.2. The van der Waals surface area contributed by atoms with Crippen LogP contribution < -0.4 is 15.1 Å². The molecule has 0 unspecified atom stereocenters. The Kier molecular flexibility index (Phi) is 7.34. The lowest BCUT2D eigenvalue weighted by atomic mass is 9.99. The number of halogens is 1. The second-order valence-electron chi connectivity index (χ2n) is 7.80. The molecule has 0 saturated carbocycles. The second-order valence-corrected chi connectivity index (χ2v) is 10.8. The summed E-state index contributed by atoms with van der Waals surface area (Å²) in [5.41, 5.74) is 2.15. The van der Waals surface area contributed by atoms with Gasteiger partial charge in [0.2, 0.25) is 0 Å². The number of aryl methyl sites for hydroxylation is 1. The van der Waals surface area contributed by atoms with E-state index in [9.17, 15) is 18.0 Å². The summed E-state index contributed by atoms with van der Waals surface area (Å²) in [7, 11) is 2.38. The number of nitrogens with zero attached hydrogens (tertiary/aromatic N) is 2. The molecule has 0 aliphatic heterocycles. The number of rotatable bonds is 6. The van der Waals surface area contributed by atoms with Crippen LogP contribution >= 0.6 is 22.6 Å². The first-order valence-electron chi connectivity index (χ1n) is 9.83. The van der Waals surface area contributed by atoms with E-state index in [1.54, 1.807) is 38.4 Å². The second kappa shape index (κ2) is 9.69. The van der Waals surface area contributed by atoms with E-state index in [1.807, 2.05) is 13.0 Å². The molecule has 0 spiro atoms. The van der Waals surface area contributed by atoms with Crippen molar-refractivity contribution in [3.63, 3.8) is 0 Å². The van der Waals surface area contributed by atoms with Crippen molar-refractivity contribution in [3.8, 4) is 5.75 Å². The standard InChI is InChI=1S/C22H24IN3O6S/c1-13-16-11-18(23)20(32-22(28)25(2)3)12-19(16)31-21(27)17(13)10-14-7-6-8-15(9-14)24-33(29,30)26(4)5/h6-9,11-12,24H,10H2,1-5H3. The van der Waals surface area contributed by atoms with Gasteiger partial charge in [0.15, 0.2) is 0 Å². The van der Waals surface area contributed by atoms with Gasteiger partial charge in [-0.3, -0.25) is 4.72 Å². The van der Waals surface area contributed by atoms with E-state index in [-0.39, 0.29) is 6.42 Å². The van der Waals surface area contributed by atoms with E-state index in [0.717, 1.165) is 20.8 Å². The van der Waals surface area contributed by atoms with Crippen LogP contribution in [0.5, 0.6) is 5.75 Å². The topological polar surface area (TPSA) is 109 Å². The Hall–Kier alpha value is -2.64. The zero-order chi connectivity index (χ0) is 24.5. The summed E-state index contributed by atoms with van der Waals surface area (Å²) < 4.78 is 39.4. The molecular weight excluding hydrogens is 561 g/mol. The van der Waals surface area contributed by atoms with Crippen molar-refractivity contribution in [1.82, 2.24) is 9.21 Å². The molecule has 11 heteroatoms. The van der Waals surface area contributed by atoms with Gasteiger partial charge in [-0.15, -0.1) is 0 Å². The van der Waals surface area contributed by atoms with E-state index >= 15 is 0 Å². The van der Waals surface area contributed by atoms with Gasteiger partial charge < -0.3 is 14.1 Å². The molecule has 3 rings (SSSR count). The van der Waals surface area contributed by atoms with E-state index in [0.29, 0.717) is 26.2 Å². The van der Waals surface area contributed by atoms with Crippen molar-refractivity contribution in [2.75, 3.05) is 32.9 Å². The van der Waals surface area contributed by atoms with Crippen LogP contribution in [0.1, 0.15) is 16.7 Å². The lowest BCUT2D eigenvalue weighted by Gasteiger charge is -2.15. The van der Waals surface area contributed by atoms with Gasteiger partial charge in [0.05, 0.1) is 9.26 Å². The SMILES string of the molecule is Cc1c(Cc2cccc(NS(=O)(=O)N(C)C)c2)c(=O)oc2cc(OC(=O)N(C)C)c(I)cc12. The van der Waals surface area contributed by atoms with Crippen LogP contribution in [0.25, 0.3) is 11.0 Å². The summed E-state index contributed by atoms with van der Waals surface area (Å²) in [6.45, 7) is 1.83. The van der Waals surface area contributed by atoms with Crippen LogP contribution in [0, 0.1) is 10.5 Å². The Morgan fingerprint density at radius 3 is 2.48 bits per heavy atom. The molecule has 0 fully saturated rings. The first-order chi connectivity index (χ1) is 15.4. The summed E-state index contributed by atoms with van der Waals surface area (Å²) >= 11 is 2.06. The minimum absolute atomic E-state index is 0.260. The predicted octanol–water partition coefficient (Wildman–Crippen LogP) is 3.58. The first kappa shape index (κ1) is 25.0. The van der Waals surface area contributed by atoms with Gasteiger partial charge in [-0.2, -0.15) is 12.7 Å². The van der Waals surface area contributed by atoms with Crippen molar-refractivity contribution < 1.29 is 22.4 Å². The molecule has 0 aliphatic rings.